The Morgan fingerprint density at radius 3 is 3.40 bits per heavy atom. The number of unbranched alkanes of at least 4 members (excludes halogenated alkanes) is 1. The molecule has 0 bridgehead atoms. The predicted molar refractivity (Wildman–Crippen MR) is 42.1 cm³/mol. The van der Waals surface area contributed by atoms with Crippen LogP contribution in [-0.4, -0.2) is 10.7 Å². The first-order valence-corrected chi connectivity index (χ1v) is 4.36. The monoisotopic (exact) mass is 158 g/mol. The van der Waals surface area contributed by atoms with E-state index >= 15 is 0 Å². The third-order valence-electron chi connectivity index (χ3n) is 1.09. The summed E-state index contributed by atoms with van der Waals surface area (Å²) >= 11 is 1.57. The van der Waals surface area contributed by atoms with Crippen LogP contribution in [0.25, 0.3) is 0 Å². The van der Waals surface area contributed by atoms with E-state index < -0.39 is 0 Å². The molecule has 1 rings (SSSR count). The summed E-state index contributed by atoms with van der Waals surface area (Å²) in [7, 11) is 0. The predicted octanol–water partition coefficient (Wildman–Crippen LogP) is 2.57. The minimum atomic E-state index is 0.143. The highest BCUT2D eigenvalue weighted by Gasteiger charge is 1.95. The SMILES string of the molecule is [2H]c1cnc(SCCCC)o1. The Morgan fingerprint density at radius 2 is 2.80 bits per heavy atom. The summed E-state index contributed by atoms with van der Waals surface area (Å²) in [5, 5.41) is 0.614. The van der Waals surface area contributed by atoms with Crippen molar-refractivity contribution in [2.45, 2.75) is 25.0 Å². The van der Waals surface area contributed by atoms with Gasteiger partial charge in [-0.15, -0.1) is 0 Å². The van der Waals surface area contributed by atoms with Crippen LogP contribution in [0.15, 0.2) is 22.1 Å². The fourth-order valence-electron chi connectivity index (χ4n) is 0.553. The third-order valence-corrected chi connectivity index (χ3v) is 2.02. The van der Waals surface area contributed by atoms with Crippen LogP contribution in [0.3, 0.4) is 0 Å². The van der Waals surface area contributed by atoms with Gasteiger partial charge in [-0.25, -0.2) is 4.98 Å². The molecule has 1 heterocycles. The van der Waals surface area contributed by atoms with E-state index in [0.717, 1.165) is 5.75 Å². The van der Waals surface area contributed by atoms with E-state index in [1.165, 1.54) is 19.0 Å². The van der Waals surface area contributed by atoms with E-state index in [4.69, 9.17) is 5.79 Å². The Hall–Kier alpha value is -0.440. The van der Waals surface area contributed by atoms with Gasteiger partial charge in [0.1, 0.15) is 7.61 Å². The molecule has 0 fully saturated rings. The van der Waals surface area contributed by atoms with Crippen molar-refractivity contribution in [1.29, 1.82) is 0 Å². The van der Waals surface area contributed by atoms with Crippen molar-refractivity contribution in [3.8, 4) is 0 Å². The summed E-state index contributed by atoms with van der Waals surface area (Å²) in [6.07, 6.45) is 3.92. The molecular weight excluding hydrogens is 146 g/mol. The Morgan fingerprint density at radius 1 is 1.90 bits per heavy atom. The van der Waals surface area contributed by atoms with E-state index in [1.54, 1.807) is 11.8 Å². The van der Waals surface area contributed by atoms with Crippen molar-refractivity contribution in [2.75, 3.05) is 5.75 Å². The molecule has 0 spiro atoms. The van der Waals surface area contributed by atoms with Crippen molar-refractivity contribution in [1.82, 2.24) is 4.98 Å². The number of hydrogen-bond donors (Lipinski definition) is 0. The minimum absolute atomic E-state index is 0.143. The number of rotatable bonds is 4. The first-order valence-electron chi connectivity index (χ1n) is 3.88. The molecular formula is C7H11NOS. The number of thioether (sulfide) groups is 1. The van der Waals surface area contributed by atoms with E-state index in [1.807, 2.05) is 0 Å². The van der Waals surface area contributed by atoms with Crippen molar-refractivity contribution in [2.24, 2.45) is 0 Å². The van der Waals surface area contributed by atoms with Gasteiger partial charge in [-0.05, 0) is 6.42 Å². The maximum absolute atomic E-state index is 7.05. The highest BCUT2D eigenvalue weighted by molar-refractivity contribution is 7.99. The molecule has 2 nitrogen and oxygen atoms in total. The third kappa shape index (κ3) is 2.43. The van der Waals surface area contributed by atoms with Gasteiger partial charge in [0.05, 0.1) is 6.20 Å². The Balaban J connectivity index is 2.27. The van der Waals surface area contributed by atoms with Gasteiger partial charge < -0.3 is 4.42 Å². The largest absolute Gasteiger partial charge is 0.440 e. The minimum Gasteiger partial charge on any atom is -0.440 e. The average molecular weight is 158 g/mol. The van der Waals surface area contributed by atoms with Gasteiger partial charge in [0, 0.05) is 5.75 Å². The highest BCUT2D eigenvalue weighted by atomic mass is 32.2. The summed E-state index contributed by atoms with van der Waals surface area (Å²) in [5.41, 5.74) is 0. The fraction of sp³-hybridized carbons (Fsp3) is 0.571. The number of hydrogen-bond acceptors (Lipinski definition) is 3. The molecule has 0 N–H and O–H groups in total. The van der Waals surface area contributed by atoms with E-state index in [0.29, 0.717) is 5.22 Å². The molecule has 1 aromatic heterocycles. The van der Waals surface area contributed by atoms with Gasteiger partial charge in [-0.2, -0.15) is 0 Å². The lowest BCUT2D eigenvalue weighted by Gasteiger charge is -1.91. The van der Waals surface area contributed by atoms with Gasteiger partial charge in [0.25, 0.3) is 5.22 Å². The van der Waals surface area contributed by atoms with E-state index in [9.17, 15) is 0 Å². The molecule has 0 saturated heterocycles. The topological polar surface area (TPSA) is 26.0 Å². The van der Waals surface area contributed by atoms with Crippen molar-refractivity contribution in [3.63, 3.8) is 0 Å². The Bertz CT molecular complexity index is 214. The Kier molecular flexibility index (Phi) is 2.76. The molecule has 0 aliphatic rings. The molecule has 0 aliphatic heterocycles. The lowest BCUT2D eigenvalue weighted by atomic mass is 10.4. The summed E-state index contributed by atoms with van der Waals surface area (Å²) in [5.74, 6) is 1.02. The molecule has 1 aromatic rings. The highest BCUT2D eigenvalue weighted by Crippen LogP contribution is 2.15. The quantitative estimate of drug-likeness (QED) is 0.497. The zero-order chi connectivity index (χ0) is 8.10. The fourth-order valence-corrected chi connectivity index (χ4v) is 1.39. The molecule has 0 radical (unpaired) electrons. The summed E-state index contributed by atoms with van der Waals surface area (Å²) in [4.78, 5) is 3.90. The molecule has 0 aromatic carbocycles. The van der Waals surface area contributed by atoms with E-state index in [-0.39, 0.29) is 6.24 Å². The number of oxazole rings is 1. The van der Waals surface area contributed by atoms with Crippen LogP contribution >= 0.6 is 11.8 Å². The maximum Gasteiger partial charge on any atom is 0.255 e. The molecule has 0 saturated carbocycles. The normalized spacial score (nSPS) is 11.5. The second-order valence-electron chi connectivity index (χ2n) is 1.95. The summed E-state index contributed by atoms with van der Waals surface area (Å²) in [6.45, 7) is 2.14. The molecule has 0 unspecified atom stereocenters. The van der Waals surface area contributed by atoms with Crippen LogP contribution in [0.5, 0.6) is 0 Å². The standard InChI is InChI=1S/C7H11NOS/c1-2-3-6-10-7-8-4-5-9-7/h4-5H,2-3,6H2,1H3/i5D. The van der Waals surface area contributed by atoms with Crippen LogP contribution in [0.1, 0.15) is 21.1 Å². The summed E-state index contributed by atoms with van der Waals surface area (Å²) in [6, 6.07) is 0. The molecule has 0 aliphatic carbocycles. The summed E-state index contributed by atoms with van der Waals surface area (Å²) < 4.78 is 12.0. The second kappa shape index (κ2) is 4.39. The van der Waals surface area contributed by atoms with Crippen molar-refractivity contribution < 1.29 is 5.79 Å². The van der Waals surface area contributed by atoms with Crippen molar-refractivity contribution in [3.05, 3.63) is 12.4 Å². The van der Waals surface area contributed by atoms with Crippen molar-refractivity contribution >= 4 is 11.8 Å². The van der Waals surface area contributed by atoms with Gasteiger partial charge >= 0.3 is 0 Å². The molecule has 56 valence electrons. The lowest BCUT2D eigenvalue weighted by Crippen LogP contribution is -1.76. The average Bonchev–Trinajstić information content (AvgIpc) is 2.37. The van der Waals surface area contributed by atoms with E-state index in [2.05, 4.69) is 11.9 Å². The molecule has 3 heteroatoms. The lowest BCUT2D eigenvalue weighted by molar-refractivity contribution is 0.454. The molecule has 10 heavy (non-hydrogen) atoms. The van der Waals surface area contributed by atoms with Crippen LogP contribution < -0.4 is 0 Å². The second-order valence-corrected chi connectivity index (χ2v) is 2.99. The van der Waals surface area contributed by atoms with Crippen LogP contribution in [0, 0.1) is 0 Å². The first-order chi connectivity index (χ1) is 5.33. The molecule has 0 amide bonds. The van der Waals surface area contributed by atoms with Crippen LogP contribution in [0.4, 0.5) is 0 Å². The maximum atomic E-state index is 7.05. The first kappa shape index (κ1) is 6.28. The number of aromatic nitrogens is 1. The van der Waals surface area contributed by atoms with Crippen LogP contribution in [0.2, 0.25) is 0 Å². The van der Waals surface area contributed by atoms with Gasteiger partial charge in [0.2, 0.25) is 0 Å². The zero-order valence-electron chi connectivity index (χ0n) is 6.96. The molecule has 0 atom stereocenters. The van der Waals surface area contributed by atoms with Gasteiger partial charge in [0.15, 0.2) is 0 Å². The van der Waals surface area contributed by atoms with Crippen LogP contribution in [-0.2, 0) is 0 Å². The van der Waals surface area contributed by atoms with Gasteiger partial charge in [-0.1, -0.05) is 25.1 Å². The number of nitrogens with zero attached hydrogens (tertiary/aromatic N) is 1. The smallest absolute Gasteiger partial charge is 0.255 e. The Labute approximate surface area is 66.4 Å². The van der Waals surface area contributed by atoms with Gasteiger partial charge in [-0.3, -0.25) is 0 Å². The zero-order valence-corrected chi connectivity index (χ0v) is 6.78.